The van der Waals surface area contributed by atoms with Crippen molar-refractivity contribution < 1.29 is 9.59 Å². The molecule has 1 heterocycles. The molecule has 2 fully saturated rings. The summed E-state index contributed by atoms with van der Waals surface area (Å²) in [4.78, 5) is 29.5. The van der Waals surface area contributed by atoms with Crippen molar-refractivity contribution in [1.29, 1.82) is 0 Å². The van der Waals surface area contributed by atoms with Crippen LogP contribution in [0.2, 0.25) is 0 Å². The van der Waals surface area contributed by atoms with Gasteiger partial charge in [-0.15, -0.1) is 0 Å². The van der Waals surface area contributed by atoms with Gasteiger partial charge >= 0.3 is 0 Å². The molecule has 2 atom stereocenters. The van der Waals surface area contributed by atoms with Crippen LogP contribution in [0.4, 0.5) is 0 Å². The van der Waals surface area contributed by atoms with E-state index in [-0.39, 0.29) is 17.7 Å². The van der Waals surface area contributed by atoms with Gasteiger partial charge in [0, 0.05) is 38.0 Å². The van der Waals surface area contributed by atoms with E-state index < -0.39 is 0 Å². The molecule has 1 aliphatic carbocycles. The second-order valence-corrected chi connectivity index (χ2v) is 7.78. The predicted molar refractivity (Wildman–Crippen MR) is 104 cm³/mol. The lowest BCUT2D eigenvalue weighted by Crippen LogP contribution is -2.52. The van der Waals surface area contributed by atoms with Crippen molar-refractivity contribution in [2.45, 2.75) is 51.9 Å². The number of hydrogen-bond acceptors (Lipinski definition) is 2. The first kappa shape index (κ1) is 18.9. The Balaban J connectivity index is 1.49. The molecule has 142 valence electrons. The van der Waals surface area contributed by atoms with Crippen LogP contribution >= 0.6 is 0 Å². The molecule has 4 nitrogen and oxygen atoms in total. The third-order valence-electron chi connectivity index (χ3n) is 5.86. The van der Waals surface area contributed by atoms with E-state index in [1.54, 1.807) is 0 Å². The first-order valence-corrected chi connectivity index (χ1v) is 10.3. The van der Waals surface area contributed by atoms with Gasteiger partial charge < -0.3 is 9.80 Å². The molecule has 0 bridgehead atoms. The van der Waals surface area contributed by atoms with Gasteiger partial charge in [0.25, 0.3) is 0 Å². The summed E-state index contributed by atoms with van der Waals surface area (Å²) in [7, 11) is 0. The van der Waals surface area contributed by atoms with E-state index in [2.05, 4.69) is 26.0 Å². The van der Waals surface area contributed by atoms with E-state index in [4.69, 9.17) is 0 Å². The fourth-order valence-corrected chi connectivity index (χ4v) is 4.26. The maximum Gasteiger partial charge on any atom is 0.226 e. The fourth-order valence-electron chi connectivity index (χ4n) is 4.26. The standard InChI is InChI=1S/C22H32N2O2/c1-3-8-18(9-4-2)21(25)23-12-14-24(15-13-23)22(26)20-16-19(20)17-10-6-5-7-11-17/h5-7,10-11,18-20H,3-4,8-9,12-16H2,1-2H3. The Morgan fingerprint density at radius 1 is 0.962 bits per heavy atom. The van der Waals surface area contributed by atoms with E-state index in [0.717, 1.165) is 32.1 Å². The van der Waals surface area contributed by atoms with Crippen LogP contribution in [0, 0.1) is 11.8 Å². The first-order valence-electron chi connectivity index (χ1n) is 10.3. The maximum atomic E-state index is 12.8. The highest BCUT2D eigenvalue weighted by Crippen LogP contribution is 2.48. The van der Waals surface area contributed by atoms with Gasteiger partial charge in [-0.25, -0.2) is 0 Å². The number of piperazine rings is 1. The minimum Gasteiger partial charge on any atom is -0.339 e. The lowest BCUT2D eigenvalue weighted by atomic mass is 9.96. The van der Waals surface area contributed by atoms with Gasteiger partial charge in [-0.1, -0.05) is 57.0 Å². The Labute approximate surface area is 157 Å². The molecule has 0 aromatic heterocycles. The average molecular weight is 357 g/mol. The molecule has 1 saturated heterocycles. The smallest absolute Gasteiger partial charge is 0.226 e. The molecule has 3 rings (SSSR count). The Hall–Kier alpha value is -1.84. The largest absolute Gasteiger partial charge is 0.339 e. The number of carbonyl (C=O) groups is 2. The maximum absolute atomic E-state index is 12.8. The molecular weight excluding hydrogens is 324 g/mol. The van der Waals surface area contributed by atoms with Crippen molar-refractivity contribution >= 4 is 11.8 Å². The average Bonchev–Trinajstić information content (AvgIpc) is 3.48. The Morgan fingerprint density at radius 3 is 2.12 bits per heavy atom. The van der Waals surface area contributed by atoms with E-state index >= 15 is 0 Å². The van der Waals surface area contributed by atoms with Crippen LogP contribution in [0.1, 0.15) is 57.4 Å². The summed E-state index contributed by atoms with van der Waals surface area (Å²) in [5, 5.41) is 0. The molecule has 0 N–H and O–H groups in total. The van der Waals surface area contributed by atoms with Crippen LogP contribution in [0.25, 0.3) is 0 Å². The summed E-state index contributed by atoms with van der Waals surface area (Å²) in [6.07, 6.45) is 5.03. The monoisotopic (exact) mass is 356 g/mol. The molecule has 26 heavy (non-hydrogen) atoms. The summed E-state index contributed by atoms with van der Waals surface area (Å²) in [6.45, 7) is 7.05. The molecule has 1 saturated carbocycles. The third-order valence-corrected chi connectivity index (χ3v) is 5.86. The van der Waals surface area contributed by atoms with Crippen molar-refractivity contribution in [3.8, 4) is 0 Å². The quantitative estimate of drug-likeness (QED) is 0.748. The number of benzene rings is 1. The van der Waals surface area contributed by atoms with Crippen LogP contribution in [0.15, 0.2) is 30.3 Å². The Bertz CT molecular complexity index is 602. The van der Waals surface area contributed by atoms with Gasteiger partial charge in [-0.3, -0.25) is 9.59 Å². The normalized spacial score (nSPS) is 22.6. The van der Waals surface area contributed by atoms with Crippen LogP contribution in [0.3, 0.4) is 0 Å². The van der Waals surface area contributed by atoms with Crippen LogP contribution in [-0.4, -0.2) is 47.8 Å². The first-order chi connectivity index (χ1) is 12.7. The molecule has 1 aliphatic heterocycles. The van der Waals surface area contributed by atoms with Crippen molar-refractivity contribution in [3.63, 3.8) is 0 Å². The molecule has 0 spiro atoms. The van der Waals surface area contributed by atoms with Crippen LogP contribution in [-0.2, 0) is 9.59 Å². The number of carbonyl (C=O) groups excluding carboxylic acids is 2. The Morgan fingerprint density at radius 2 is 1.54 bits per heavy atom. The van der Waals surface area contributed by atoms with Gasteiger partial charge in [0.15, 0.2) is 0 Å². The second kappa shape index (κ2) is 8.70. The lowest BCUT2D eigenvalue weighted by Gasteiger charge is -2.36. The highest BCUT2D eigenvalue weighted by atomic mass is 16.2. The van der Waals surface area contributed by atoms with Gasteiger partial charge in [0.05, 0.1) is 0 Å². The predicted octanol–water partition coefficient (Wildman–Crippen LogP) is 3.68. The fraction of sp³-hybridized carbons (Fsp3) is 0.636. The zero-order valence-corrected chi connectivity index (χ0v) is 16.2. The zero-order valence-electron chi connectivity index (χ0n) is 16.2. The van der Waals surface area contributed by atoms with Gasteiger partial charge in [-0.05, 0) is 30.7 Å². The van der Waals surface area contributed by atoms with Crippen molar-refractivity contribution in [2.24, 2.45) is 11.8 Å². The summed E-state index contributed by atoms with van der Waals surface area (Å²) >= 11 is 0. The summed E-state index contributed by atoms with van der Waals surface area (Å²) in [5.41, 5.74) is 1.28. The second-order valence-electron chi connectivity index (χ2n) is 7.78. The molecular formula is C22H32N2O2. The highest BCUT2D eigenvalue weighted by Gasteiger charge is 2.46. The summed E-state index contributed by atoms with van der Waals surface area (Å²) < 4.78 is 0. The molecule has 1 aromatic rings. The SMILES string of the molecule is CCCC(CCC)C(=O)N1CCN(C(=O)C2CC2c2ccccc2)CC1. The summed E-state index contributed by atoms with van der Waals surface area (Å²) in [5.74, 6) is 1.28. The van der Waals surface area contributed by atoms with Crippen LogP contribution in [0.5, 0.6) is 0 Å². The number of amides is 2. The van der Waals surface area contributed by atoms with Gasteiger partial charge in [0.2, 0.25) is 11.8 Å². The molecule has 0 radical (unpaired) electrons. The van der Waals surface area contributed by atoms with Crippen molar-refractivity contribution in [2.75, 3.05) is 26.2 Å². The van der Waals surface area contributed by atoms with Crippen LogP contribution < -0.4 is 0 Å². The third kappa shape index (κ3) is 4.28. The number of hydrogen-bond donors (Lipinski definition) is 0. The van der Waals surface area contributed by atoms with Crippen molar-refractivity contribution in [3.05, 3.63) is 35.9 Å². The molecule has 2 amide bonds. The minimum absolute atomic E-state index is 0.146. The van der Waals surface area contributed by atoms with Crippen molar-refractivity contribution in [1.82, 2.24) is 9.80 Å². The molecule has 2 aliphatic rings. The number of rotatable bonds is 7. The summed E-state index contributed by atoms with van der Waals surface area (Å²) in [6, 6.07) is 10.3. The Kier molecular flexibility index (Phi) is 6.33. The molecule has 4 heteroatoms. The topological polar surface area (TPSA) is 40.6 Å². The van der Waals surface area contributed by atoms with Gasteiger partial charge in [-0.2, -0.15) is 0 Å². The van der Waals surface area contributed by atoms with E-state index in [1.807, 2.05) is 28.0 Å². The molecule has 2 unspecified atom stereocenters. The van der Waals surface area contributed by atoms with E-state index in [1.165, 1.54) is 5.56 Å². The van der Waals surface area contributed by atoms with Gasteiger partial charge in [0.1, 0.15) is 0 Å². The highest BCUT2D eigenvalue weighted by molar-refractivity contribution is 5.84. The minimum atomic E-state index is 0.146. The van der Waals surface area contributed by atoms with E-state index in [9.17, 15) is 9.59 Å². The van der Waals surface area contributed by atoms with E-state index in [0.29, 0.717) is 38.0 Å². The number of nitrogens with zero attached hydrogens (tertiary/aromatic N) is 2. The molecule has 1 aromatic carbocycles. The lowest BCUT2D eigenvalue weighted by molar-refractivity contribution is -0.143. The zero-order chi connectivity index (χ0) is 18.5.